The fraction of sp³-hybridized carbons (Fsp3) is 0.0667. The highest BCUT2D eigenvalue weighted by atomic mass is 32.1. The van der Waals surface area contributed by atoms with E-state index >= 15 is 0 Å². The Morgan fingerprint density at radius 3 is 2.84 bits per heavy atom. The molecule has 0 atom stereocenters. The molecule has 0 aliphatic heterocycles. The van der Waals surface area contributed by atoms with E-state index in [1.54, 1.807) is 41.7 Å². The molecule has 0 amide bonds. The smallest absolute Gasteiger partial charge is 0.165 e. The van der Waals surface area contributed by atoms with Gasteiger partial charge in [-0.05, 0) is 35.7 Å². The summed E-state index contributed by atoms with van der Waals surface area (Å²) < 4.78 is 20.0. The van der Waals surface area contributed by atoms with Crippen LogP contribution < -0.4 is 4.74 Å². The SMILES string of the molecule is Oc1ccc2scc(COc3ccccc3F)c2c1. The number of aromatic hydroxyl groups is 1. The zero-order valence-electron chi connectivity index (χ0n) is 9.97. The van der Waals surface area contributed by atoms with E-state index in [4.69, 9.17) is 4.74 Å². The van der Waals surface area contributed by atoms with E-state index in [2.05, 4.69) is 0 Å². The van der Waals surface area contributed by atoms with Crippen molar-refractivity contribution in [2.75, 3.05) is 0 Å². The summed E-state index contributed by atoms with van der Waals surface area (Å²) in [6.07, 6.45) is 0. The van der Waals surface area contributed by atoms with Crippen molar-refractivity contribution < 1.29 is 14.2 Å². The Hall–Kier alpha value is -2.07. The maximum atomic E-state index is 13.4. The Balaban J connectivity index is 1.86. The summed E-state index contributed by atoms with van der Waals surface area (Å²) in [6.45, 7) is 0.282. The highest BCUT2D eigenvalue weighted by Crippen LogP contribution is 2.30. The normalized spacial score (nSPS) is 10.8. The van der Waals surface area contributed by atoms with Gasteiger partial charge in [0.1, 0.15) is 12.4 Å². The van der Waals surface area contributed by atoms with Crippen LogP contribution in [0.4, 0.5) is 4.39 Å². The Labute approximate surface area is 113 Å². The first-order valence-electron chi connectivity index (χ1n) is 5.80. The van der Waals surface area contributed by atoms with E-state index < -0.39 is 0 Å². The fourth-order valence-electron chi connectivity index (χ4n) is 1.90. The van der Waals surface area contributed by atoms with Gasteiger partial charge in [0.15, 0.2) is 11.6 Å². The first-order valence-corrected chi connectivity index (χ1v) is 6.68. The zero-order valence-corrected chi connectivity index (χ0v) is 10.8. The second kappa shape index (κ2) is 4.90. The first kappa shape index (κ1) is 12.0. The van der Waals surface area contributed by atoms with Gasteiger partial charge in [-0.2, -0.15) is 0 Å². The van der Waals surface area contributed by atoms with Crippen LogP contribution in [0.5, 0.6) is 11.5 Å². The molecule has 0 bridgehead atoms. The minimum Gasteiger partial charge on any atom is -0.508 e. The maximum Gasteiger partial charge on any atom is 0.165 e. The highest BCUT2D eigenvalue weighted by molar-refractivity contribution is 7.17. The number of rotatable bonds is 3. The maximum absolute atomic E-state index is 13.4. The minimum atomic E-state index is -0.370. The van der Waals surface area contributed by atoms with Crippen LogP contribution >= 0.6 is 11.3 Å². The van der Waals surface area contributed by atoms with E-state index in [1.807, 2.05) is 11.4 Å². The third kappa shape index (κ3) is 2.39. The number of thiophene rings is 1. The highest BCUT2D eigenvalue weighted by Gasteiger charge is 2.07. The van der Waals surface area contributed by atoms with Crippen LogP contribution in [0.15, 0.2) is 47.8 Å². The molecule has 2 nitrogen and oxygen atoms in total. The summed E-state index contributed by atoms with van der Waals surface area (Å²) >= 11 is 1.58. The molecule has 0 fully saturated rings. The second-order valence-electron chi connectivity index (χ2n) is 4.16. The summed E-state index contributed by atoms with van der Waals surface area (Å²) in [6, 6.07) is 11.5. The van der Waals surface area contributed by atoms with Crippen molar-refractivity contribution in [3.05, 3.63) is 59.2 Å². The lowest BCUT2D eigenvalue weighted by atomic mass is 10.2. The predicted octanol–water partition coefficient (Wildman–Crippen LogP) is 4.33. The van der Waals surface area contributed by atoms with Crippen LogP contribution in [0.3, 0.4) is 0 Å². The Bertz CT molecular complexity index is 721. The van der Waals surface area contributed by atoms with E-state index in [-0.39, 0.29) is 23.9 Å². The van der Waals surface area contributed by atoms with Gasteiger partial charge in [0, 0.05) is 15.6 Å². The molecule has 0 aliphatic rings. The number of halogens is 1. The van der Waals surface area contributed by atoms with Gasteiger partial charge in [-0.15, -0.1) is 11.3 Å². The molecule has 4 heteroatoms. The van der Waals surface area contributed by atoms with Crippen molar-refractivity contribution in [3.63, 3.8) is 0 Å². The van der Waals surface area contributed by atoms with Crippen LogP contribution in [0.1, 0.15) is 5.56 Å². The second-order valence-corrected chi connectivity index (χ2v) is 5.07. The Morgan fingerprint density at radius 2 is 2.00 bits per heavy atom. The molecule has 96 valence electrons. The molecule has 3 aromatic rings. The van der Waals surface area contributed by atoms with Crippen LogP contribution in [0, 0.1) is 5.82 Å². The van der Waals surface area contributed by atoms with Crippen LogP contribution in [-0.2, 0) is 6.61 Å². The molecule has 0 aliphatic carbocycles. The lowest BCUT2D eigenvalue weighted by Gasteiger charge is -2.06. The van der Waals surface area contributed by atoms with Crippen molar-refractivity contribution in [1.29, 1.82) is 0 Å². The van der Waals surface area contributed by atoms with Gasteiger partial charge in [-0.25, -0.2) is 4.39 Å². The first-order chi connectivity index (χ1) is 9.24. The Morgan fingerprint density at radius 1 is 1.16 bits per heavy atom. The van der Waals surface area contributed by atoms with Crippen molar-refractivity contribution in [2.24, 2.45) is 0 Å². The largest absolute Gasteiger partial charge is 0.508 e. The molecule has 1 N–H and O–H groups in total. The van der Waals surface area contributed by atoms with Gasteiger partial charge < -0.3 is 9.84 Å². The van der Waals surface area contributed by atoms with Gasteiger partial charge in [-0.1, -0.05) is 12.1 Å². The van der Waals surface area contributed by atoms with E-state index in [0.717, 1.165) is 15.6 Å². The summed E-state index contributed by atoms with van der Waals surface area (Å²) in [7, 11) is 0. The van der Waals surface area contributed by atoms with Gasteiger partial charge in [0.2, 0.25) is 0 Å². The molecule has 1 aromatic heterocycles. The number of phenols is 1. The molecule has 0 spiro atoms. The van der Waals surface area contributed by atoms with Crippen molar-refractivity contribution >= 4 is 21.4 Å². The Kier molecular flexibility index (Phi) is 3.09. The molecular weight excluding hydrogens is 263 g/mol. The molecule has 19 heavy (non-hydrogen) atoms. The third-order valence-electron chi connectivity index (χ3n) is 2.86. The fourth-order valence-corrected chi connectivity index (χ4v) is 2.83. The van der Waals surface area contributed by atoms with E-state index in [9.17, 15) is 9.50 Å². The molecular formula is C15H11FO2S. The molecule has 3 rings (SSSR count). The van der Waals surface area contributed by atoms with Crippen molar-refractivity contribution in [2.45, 2.75) is 6.61 Å². The van der Waals surface area contributed by atoms with Crippen molar-refractivity contribution in [3.8, 4) is 11.5 Å². The topological polar surface area (TPSA) is 29.5 Å². The van der Waals surface area contributed by atoms with Crippen LogP contribution in [0.2, 0.25) is 0 Å². The predicted molar refractivity (Wildman–Crippen MR) is 74.2 cm³/mol. The number of benzene rings is 2. The lowest BCUT2D eigenvalue weighted by Crippen LogP contribution is -1.96. The molecule has 0 saturated heterocycles. The summed E-state index contributed by atoms with van der Waals surface area (Å²) in [5, 5.41) is 12.4. The average Bonchev–Trinajstić information content (AvgIpc) is 2.80. The minimum absolute atomic E-state index is 0.220. The molecule has 0 saturated carbocycles. The van der Waals surface area contributed by atoms with Gasteiger partial charge in [-0.3, -0.25) is 0 Å². The van der Waals surface area contributed by atoms with E-state index in [1.165, 1.54) is 6.07 Å². The number of phenolic OH excluding ortho intramolecular Hbond substituents is 1. The van der Waals surface area contributed by atoms with E-state index in [0.29, 0.717) is 0 Å². The van der Waals surface area contributed by atoms with Gasteiger partial charge in [0.05, 0.1) is 0 Å². The van der Waals surface area contributed by atoms with Crippen molar-refractivity contribution in [1.82, 2.24) is 0 Å². The number of ether oxygens (including phenoxy) is 1. The average molecular weight is 274 g/mol. The van der Waals surface area contributed by atoms with Crippen LogP contribution in [0.25, 0.3) is 10.1 Å². The lowest BCUT2D eigenvalue weighted by molar-refractivity contribution is 0.292. The number of hydrogen-bond acceptors (Lipinski definition) is 3. The number of para-hydroxylation sites is 1. The molecule has 0 unspecified atom stereocenters. The number of hydrogen-bond donors (Lipinski definition) is 1. The van der Waals surface area contributed by atoms with Crippen LogP contribution in [-0.4, -0.2) is 5.11 Å². The number of fused-ring (bicyclic) bond motifs is 1. The zero-order chi connectivity index (χ0) is 13.2. The van der Waals surface area contributed by atoms with Gasteiger partial charge >= 0.3 is 0 Å². The standard InChI is InChI=1S/C15H11FO2S/c16-13-3-1-2-4-14(13)18-8-10-9-19-15-6-5-11(17)7-12(10)15/h1-7,9,17H,8H2. The quantitative estimate of drug-likeness (QED) is 0.770. The molecule has 2 aromatic carbocycles. The molecule has 0 radical (unpaired) electrons. The summed E-state index contributed by atoms with van der Waals surface area (Å²) in [4.78, 5) is 0. The molecule has 1 heterocycles. The summed E-state index contributed by atoms with van der Waals surface area (Å²) in [5.74, 6) is 0.0879. The van der Waals surface area contributed by atoms with Gasteiger partial charge in [0.25, 0.3) is 0 Å². The summed E-state index contributed by atoms with van der Waals surface area (Å²) in [5.41, 5.74) is 0.944. The monoisotopic (exact) mass is 274 g/mol. The third-order valence-corrected chi connectivity index (χ3v) is 3.87.